The number of amides is 3. The highest BCUT2D eigenvalue weighted by Gasteiger charge is 2.29. The lowest BCUT2D eigenvalue weighted by Gasteiger charge is -2.20. The van der Waals surface area contributed by atoms with E-state index in [-0.39, 0.29) is 11.9 Å². The highest BCUT2D eigenvalue weighted by molar-refractivity contribution is 6.04. The Morgan fingerprint density at radius 2 is 1.70 bits per heavy atom. The number of nitrogens with one attached hydrogen (secondary N) is 2. The van der Waals surface area contributed by atoms with Gasteiger partial charge in [0.15, 0.2) is 0 Å². The summed E-state index contributed by atoms with van der Waals surface area (Å²) < 4.78 is 0. The van der Waals surface area contributed by atoms with Crippen molar-refractivity contribution in [3.05, 3.63) is 59.7 Å². The van der Waals surface area contributed by atoms with Crippen LogP contribution in [0.2, 0.25) is 0 Å². The van der Waals surface area contributed by atoms with Crippen LogP contribution >= 0.6 is 0 Å². The maximum atomic E-state index is 12.4. The summed E-state index contributed by atoms with van der Waals surface area (Å²) in [5, 5.41) is 14.8. The second-order valence-corrected chi connectivity index (χ2v) is 6.89. The van der Waals surface area contributed by atoms with Crippen molar-refractivity contribution in [3.8, 4) is 0 Å². The molecule has 2 aromatic carbocycles. The molecule has 27 heavy (non-hydrogen) atoms. The number of aliphatic carboxylic acids is 1. The van der Waals surface area contributed by atoms with Gasteiger partial charge >= 0.3 is 12.0 Å². The van der Waals surface area contributed by atoms with Gasteiger partial charge in [-0.15, -0.1) is 0 Å². The molecular formula is C20H21N3O4. The van der Waals surface area contributed by atoms with Crippen LogP contribution in [0.15, 0.2) is 48.5 Å². The highest BCUT2D eigenvalue weighted by atomic mass is 16.4. The maximum Gasteiger partial charge on any atom is 0.321 e. The number of anilines is 2. The molecule has 0 bridgehead atoms. The molecule has 1 aliphatic heterocycles. The first-order chi connectivity index (χ1) is 12.8. The minimum atomic E-state index is -1.000. The molecule has 0 atom stereocenters. The van der Waals surface area contributed by atoms with Gasteiger partial charge in [0, 0.05) is 30.0 Å². The predicted octanol–water partition coefficient (Wildman–Crippen LogP) is 2.83. The van der Waals surface area contributed by atoms with Crippen molar-refractivity contribution in [3.63, 3.8) is 0 Å². The van der Waals surface area contributed by atoms with Crippen LogP contribution in [0.1, 0.15) is 29.8 Å². The summed E-state index contributed by atoms with van der Waals surface area (Å²) in [4.78, 5) is 37.0. The van der Waals surface area contributed by atoms with Gasteiger partial charge in [0.25, 0.3) is 5.91 Å². The third-order valence-corrected chi connectivity index (χ3v) is 4.70. The van der Waals surface area contributed by atoms with Crippen LogP contribution in [0, 0.1) is 0 Å². The number of hydrogen-bond donors (Lipinski definition) is 3. The lowest BCUT2D eigenvalue weighted by Crippen LogP contribution is -2.28. The van der Waals surface area contributed by atoms with Gasteiger partial charge < -0.3 is 15.7 Å². The van der Waals surface area contributed by atoms with E-state index in [0.29, 0.717) is 29.9 Å². The molecule has 2 aromatic rings. The molecule has 3 N–H and O–H groups in total. The zero-order valence-electron chi connectivity index (χ0n) is 15.2. The van der Waals surface area contributed by atoms with Gasteiger partial charge in [0.2, 0.25) is 0 Å². The first kappa shape index (κ1) is 18.4. The molecule has 0 saturated carbocycles. The fourth-order valence-electron chi connectivity index (χ4n) is 2.81. The number of carbonyl (C=O) groups is 3. The minimum absolute atomic E-state index is 0.142. The standard InChI is InChI=1S/C20H21N3O4/c1-20(2,18(25)26)14-5-7-15(8-6-14)22-17(24)13-3-9-16(10-4-13)23-12-11-21-19(23)27/h3-10H,11-12H2,1-2H3,(H,21,27)(H,22,24)(H,25,26). The lowest BCUT2D eigenvalue weighted by molar-refractivity contribution is -0.142. The van der Waals surface area contributed by atoms with E-state index in [0.717, 1.165) is 5.69 Å². The zero-order chi connectivity index (χ0) is 19.6. The summed E-state index contributed by atoms with van der Waals surface area (Å²) in [5.41, 5.74) is 1.43. The Bertz CT molecular complexity index is 873. The van der Waals surface area contributed by atoms with Gasteiger partial charge in [-0.25, -0.2) is 4.79 Å². The summed E-state index contributed by atoms with van der Waals surface area (Å²) >= 11 is 0. The van der Waals surface area contributed by atoms with Crippen LogP contribution in [0.5, 0.6) is 0 Å². The van der Waals surface area contributed by atoms with Gasteiger partial charge in [-0.3, -0.25) is 14.5 Å². The van der Waals surface area contributed by atoms with Crippen molar-refractivity contribution in [1.29, 1.82) is 0 Å². The third kappa shape index (κ3) is 3.76. The van der Waals surface area contributed by atoms with E-state index in [1.54, 1.807) is 67.3 Å². The van der Waals surface area contributed by atoms with E-state index in [1.165, 1.54) is 0 Å². The molecule has 1 fully saturated rings. The minimum Gasteiger partial charge on any atom is -0.481 e. The van der Waals surface area contributed by atoms with Crippen molar-refractivity contribution in [2.75, 3.05) is 23.3 Å². The van der Waals surface area contributed by atoms with Gasteiger partial charge in [-0.1, -0.05) is 12.1 Å². The average molecular weight is 367 g/mol. The Kier molecular flexibility index (Phi) is 4.85. The molecule has 0 spiro atoms. The topological polar surface area (TPSA) is 98.7 Å². The van der Waals surface area contributed by atoms with E-state index >= 15 is 0 Å². The molecule has 140 valence electrons. The summed E-state index contributed by atoms with van der Waals surface area (Å²) in [5.74, 6) is -1.19. The Labute approximate surface area is 157 Å². The normalized spacial score (nSPS) is 14.0. The zero-order valence-corrected chi connectivity index (χ0v) is 15.2. The maximum absolute atomic E-state index is 12.4. The van der Waals surface area contributed by atoms with Crippen LogP contribution in [0.4, 0.5) is 16.2 Å². The number of carboxylic acids is 1. The molecule has 3 rings (SSSR count). The number of carboxylic acid groups (broad SMARTS) is 1. The molecular weight excluding hydrogens is 346 g/mol. The van der Waals surface area contributed by atoms with Crippen LogP contribution in [-0.2, 0) is 10.2 Å². The van der Waals surface area contributed by atoms with Crippen LogP contribution < -0.4 is 15.5 Å². The first-order valence-electron chi connectivity index (χ1n) is 8.60. The van der Waals surface area contributed by atoms with Crippen molar-refractivity contribution in [2.45, 2.75) is 19.3 Å². The Balaban J connectivity index is 1.68. The number of carbonyl (C=O) groups excluding carboxylic acids is 2. The fraction of sp³-hybridized carbons (Fsp3) is 0.250. The Morgan fingerprint density at radius 1 is 1.07 bits per heavy atom. The van der Waals surface area contributed by atoms with Crippen LogP contribution in [0.25, 0.3) is 0 Å². The Hall–Kier alpha value is -3.35. The summed E-state index contributed by atoms with van der Waals surface area (Å²) in [7, 11) is 0. The van der Waals surface area contributed by atoms with Crippen molar-refractivity contribution < 1.29 is 19.5 Å². The molecule has 0 aromatic heterocycles. The first-order valence-corrected chi connectivity index (χ1v) is 8.60. The van der Waals surface area contributed by atoms with E-state index in [1.807, 2.05) is 0 Å². The van der Waals surface area contributed by atoms with E-state index < -0.39 is 11.4 Å². The fourth-order valence-corrected chi connectivity index (χ4v) is 2.81. The molecule has 7 heteroatoms. The monoisotopic (exact) mass is 367 g/mol. The molecule has 3 amide bonds. The number of rotatable bonds is 5. The average Bonchev–Trinajstić information content (AvgIpc) is 3.08. The van der Waals surface area contributed by atoms with Gasteiger partial charge in [0.05, 0.1) is 5.41 Å². The molecule has 1 aliphatic rings. The van der Waals surface area contributed by atoms with Crippen molar-refractivity contribution in [1.82, 2.24) is 5.32 Å². The third-order valence-electron chi connectivity index (χ3n) is 4.70. The van der Waals surface area contributed by atoms with E-state index in [2.05, 4.69) is 10.6 Å². The number of hydrogen-bond acceptors (Lipinski definition) is 3. The highest BCUT2D eigenvalue weighted by Crippen LogP contribution is 2.25. The molecule has 1 heterocycles. The SMILES string of the molecule is CC(C)(C(=O)O)c1ccc(NC(=O)c2ccc(N3CCNC3=O)cc2)cc1. The molecule has 7 nitrogen and oxygen atoms in total. The van der Waals surface area contributed by atoms with Crippen LogP contribution in [-0.4, -0.2) is 36.1 Å². The number of nitrogens with zero attached hydrogens (tertiary/aromatic N) is 1. The summed E-state index contributed by atoms with van der Waals surface area (Å²) in [6, 6.07) is 13.4. The van der Waals surface area contributed by atoms with Gasteiger partial charge in [-0.2, -0.15) is 0 Å². The van der Waals surface area contributed by atoms with E-state index in [9.17, 15) is 19.5 Å². The molecule has 1 saturated heterocycles. The lowest BCUT2D eigenvalue weighted by atomic mass is 9.85. The van der Waals surface area contributed by atoms with Crippen LogP contribution in [0.3, 0.4) is 0 Å². The second-order valence-electron chi connectivity index (χ2n) is 6.89. The Morgan fingerprint density at radius 3 is 2.22 bits per heavy atom. The van der Waals surface area contributed by atoms with Crippen molar-refractivity contribution in [2.24, 2.45) is 0 Å². The smallest absolute Gasteiger partial charge is 0.321 e. The molecule has 0 radical (unpaired) electrons. The number of urea groups is 1. The number of benzene rings is 2. The van der Waals surface area contributed by atoms with Gasteiger partial charge in [0.1, 0.15) is 0 Å². The molecule has 0 unspecified atom stereocenters. The second kappa shape index (κ2) is 7.11. The summed E-state index contributed by atoms with van der Waals surface area (Å²) in [6.07, 6.45) is 0. The van der Waals surface area contributed by atoms with E-state index in [4.69, 9.17) is 0 Å². The predicted molar refractivity (Wildman–Crippen MR) is 102 cm³/mol. The molecule has 0 aliphatic carbocycles. The largest absolute Gasteiger partial charge is 0.481 e. The quantitative estimate of drug-likeness (QED) is 0.757. The van der Waals surface area contributed by atoms with Gasteiger partial charge in [-0.05, 0) is 55.8 Å². The van der Waals surface area contributed by atoms with Crippen molar-refractivity contribution >= 4 is 29.3 Å². The summed E-state index contributed by atoms with van der Waals surface area (Å²) in [6.45, 7) is 4.47.